The molecule has 0 radical (unpaired) electrons. The van der Waals surface area contributed by atoms with E-state index in [9.17, 15) is 9.90 Å². The van der Waals surface area contributed by atoms with E-state index in [1.165, 1.54) is 7.11 Å². The van der Waals surface area contributed by atoms with Crippen molar-refractivity contribution in [2.45, 2.75) is 31.2 Å². The molecule has 1 aliphatic rings. The van der Waals surface area contributed by atoms with Gasteiger partial charge in [0.15, 0.2) is 0 Å². The second-order valence-corrected chi connectivity index (χ2v) is 2.78. The largest absolute Gasteiger partial charge is 0.390 e. The number of aliphatic hydroxyl groups excluding tert-OH is 2. The number of hydrogen-bond donors (Lipinski definition) is 2. The molecule has 0 amide bonds. The van der Waals surface area contributed by atoms with E-state index in [0.29, 0.717) is 0 Å². The van der Waals surface area contributed by atoms with Crippen molar-refractivity contribution >= 4 is 5.78 Å². The van der Waals surface area contributed by atoms with Crippen molar-refractivity contribution in [3.05, 3.63) is 0 Å². The molecule has 0 aromatic rings. The standard InChI is InChI=1S/C7H12O4/c1-11-6-3-4(8)2-5(9)7(6)10/h5-7,9-10H,2-3H2,1H3/t5-,6-,7-/m1/s1. The Morgan fingerprint density at radius 2 is 2.09 bits per heavy atom. The van der Waals surface area contributed by atoms with E-state index in [-0.39, 0.29) is 18.6 Å². The van der Waals surface area contributed by atoms with Gasteiger partial charge in [0.2, 0.25) is 0 Å². The summed E-state index contributed by atoms with van der Waals surface area (Å²) >= 11 is 0. The van der Waals surface area contributed by atoms with Crippen LogP contribution in [0.2, 0.25) is 0 Å². The molecule has 0 aliphatic heterocycles. The number of carbonyl (C=O) groups is 1. The minimum absolute atomic E-state index is 0.0427. The van der Waals surface area contributed by atoms with Gasteiger partial charge < -0.3 is 14.9 Å². The molecule has 64 valence electrons. The summed E-state index contributed by atoms with van der Waals surface area (Å²) in [4.78, 5) is 10.8. The summed E-state index contributed by atoms with van der Waals surface area (Å²) in [5.74, 6) is -0.0605. The molecule has 0 unspecified atom stereocenters. The molecule has 1 rings (SSSR count). The Morgan fingerprint density at radius 1 is 1.45 bits per heavy atom. The van der Waals surface area contributed by atoms with Crippen LogP contribution in [0.4, 0.5) is 0 Å². The van der Waals surface area contributed by atoms with Crippen LogP contribution in [0.15, 0.2) is 0 Å². The maximum atomic E-state index is 10.8. The Kier molecular flexibility index (Phi) is 2.59. The first kappa shape index (κ1) is 8.64. The molecule has 4 nitrogen and oxygen atoms in total. The first-order valence-electron chi connectivity index (χ1n) is 3.55. The monoisotopic (exact) mass is 160 g/mol. The van der Waals surface area contributed by atoms with E-state index in [2.05, 4.69) is 0 Å². The normalized spacial score (nSPS) is 39.2. The summed E-state index contributed by atoms with van der Waals surface area (Å²) in [5.41, 5.74) is 0. The van der Waals surface area contributed by atoms with Crippen molar-refractivity contribution in [1.82, 2.24) is 0 Å². The van der Waals surface area contributed by atoms with Gasteiger partial charge in [0.25, 0.3) is 0 Å². The second-order valence-electron chi connectivity index (χ2n) is 2.78. The van der Waals surface area contributed by atoms with Crippen molar-refractivity contribution in [2.75, 3.05) is 7.11 Å². The number of rotatable bonds is 1. The van der Waals surface area contributed by atoms with E-state index in [0.717, 1.165) is 0 Å². The van der Waals surface area contributed by atoms with E-state index < -0.39 is 18.3 Å². The highest BCUT2D eigenvalue weighted by Crippen LogP contribution is 2.18. The average molecular weight is 160 g/mol. The first-order chi connectivity index (χ1) is 5.15. The van der Waals surface area contributed by atoms with Gasteiger partial charge in [-0.1, -0.05) is 0 Å². The van der Waals surface area contributed by atoms with Crippen molar-refractivity contribution in [1.29, 1.82) is 0 Å². The van der Waals surface area contributed by atoms with Crippen LogP contribution in [-0.4, -0.2) is 41.4 Å². The molecule has 1 aliphatic carbocycles. The smallest absolute Gasteiger partial charge is 0.138 e. The number of aliphatic hydroxyl groups is 2. The lowest BCUT2D eigenvalue weighted by molar-refractivity contribution is -0.142. The molecule has 1 saturated carbocycles. The number of hydrogen-bond acceptors (Lipinski definition) is 4. The fraction of sp³-hybridized carbons (Fsp3) is 0.857. The molecule has 3 atom stereocenters. The van der Waals surface area contributed by atoms with Crippen LogP contribution in [-0.2, 0) is 9.53 Å². The third-order valence-corrected chi connectivity index (χ3v) is 1.94. The molecule has 11 heavy (non-hydrogen) atoms. The summed E-state index contributed by atoms with van der Waals surface area (Å²) in [7, 11) is 1.42. The van der Waals surface area contributed by atoms with Crippen molar-refractivity contribution in [3.63, 3.8) is 0 Å². The molecule has 0 spiro atoms. The van der Waals surface area contributed by atoms with Gasteiger partial charge in [-0.15, -0.1) is 0 Å². The van der Waals surface area contributed by atoms with Crippen LogP contribution in [0.25, 0.3) is 0 Å². The van der Waals surface area contributed by atoms with Crippen molar-refractivity contribution in [3.8, 4) is 0 Å². The third kappa shape index (κ3) is 1.77. The molecule has 0 saturated heterocycles. The van der Waals surface area contributed by atoms with Crippen LogP contribution >= 0.6 is 0 Å². The second kappa shape index (κ2) is 3.30. The number of ether oxygens (including phenoxy) is 1. The number of carbonyl (C=O) groups excluding carboxylic acids is 1. The van der Waals surface area contributed by atoms with Crippen LogP contribution < -0.4 is 0 Å². The van der Waals surface area contributed by atoms with Gasteiger partial charge in [-0.2, -0.15) is 0 Å². The van der Waals surface area contributed by atoms with Crippen LogP contribution in [0.5, 0.6) is 0 Å². The topological polar surface area (TPSA) is 66.8 Å². The highest BCUT2D eigenvalue weighted by atomic mass is 16.5. The fourth-order valence-corrected chi connectivity index (χ4v) is 1.25. The minimum atomic E-state index is -0.957. The Hall–Kier alpha value is -0.450. The summed E-state index contributed by atoms with van der Waals surface area (Å²) in [6.45, 7) is 0. The van der Waals surface area contributed by atoms with E-state index in [1.807, 2.05) is 0 Å². The van der Waals surface area contributed by atoms with Crippen LogP contribution in [0, 0.1) is 0 Å². The molecule has 2 N–H and O–H groups in total. The van der Waals surface area contributed by atoms with Gasteiger partial charge in [0.05, 0.1) is 12.2 Å². The molecule has 1 fully saturated rings. The van der Waals surface area contributed by atoms with E-state index >= 15 is 0 Å². The van der Waals surface area contributed by atoms with Crippen molar-refractivity contribution < 1.29 is 19.7 Å². The van der Waals surface area contributed by atoms with Crippen LogP contribution in [0.3, 0.4) is 0 Å². The zero-order chi connectivity index (χ0) is 8.43. The molecule has 0 heterocycles. The van der Waals surface area contributed by atoms with E-state index in [1.54, 1.807) is 0 Å². The predicted molar refractivity (Wildman–Crippen MR) is 37.1 cm³/mol. The Balaban J connectivity index is 2.58. The molecule has 0 aromatic carbocycles. The maximum absolute atomic E-state index is 10.8. The number of methoxy groups -OCH3 is 1. The summed E-state index contributed by atoms with van der Waals surface area (Å²) in [6.07, 6.45) is -2.17. The quantitative estimate of drug-likeness (QED) is 0.521. The van der Waals surface area contributed by atoms with Gasteiger partial charge in [-0.3, -0.25) is 4.79 Å². The van der Waals surface area contributed by atoms with Gasteiger partial charge in [0.1, 0.15) is 11.9 Å². The Morgan fingerprint density at radius 3 is 2.64 bits per heavy atom. The minimum Gasteiger partial charge on any atom is -0.390 e. The summed E-state index contributed by atoms with van der Waals surface area (Å²) in [6, 6.07) is 0. The van der Waals surface area contributed by atoms with Crippen LogP contribution in [0.1, 0.15) is 12.8 Å². The fourth-order valence-electron chi connectivity index (χ4n) is 1.25. The molecular formula is C7H12O4. The average Bonchev–Trinajstić information content (AvgIpc) is 1.96. The number of ketones is 1. The zero-order valence-electron chi connectivity index (χ0n) is 6.36. The lowest BCUT2D eigenvalue weighted by Gasteiger charge is -2.29. The highest BCUT2D eigenvalue weighted by Gasteiger charge is 2.34. The third-order valence-electron chi connectivity index (χ3n) is 1.94. The maximum Gasteiger partial charge on any atom is 0.138 e. The summed E-state index contributed by atoms with van der Waals surface area (Å²) < 4.78 is 4.81. The molecule has 0 aromatic heterocycles. The zero-order valence-corrected chi connectivity index (χ0v) is 6.36. The lowest BCUT2D eigenvalue weighted by atomic mass is 9.91. The van der Waals surface area contributed by atoms with E-state index in [4.69, 9.17) is 9.84 Å². The van der Waals surface area contributed by atoms with Gasteiger partial charge in [-0.05, 0) is 0 Å². The van der Waals surface area contributed by atoms with Crippen molar-refractivity contribution in [2.24, 2.45) is 0 Å². The number of Topliss-reactive ketones (excluding diaryl/α,β-unsaturated/α-hetero) is 1. The van der Waals surface area contributed by atoms with Gasteiger partial charge >= 0.3 is 0 Å². The van der Waals surface area contributed by atoms with Gasteiger partial charge in [-0.25, -0.2) is 0 Å². The highest BCUT2D eigenvalue weighted by molar-refractivity contribution is 5.80. The molecular weight excluding hydrogens is 148 g/mol. The molecule has 0 bridgehead atoms. The lowest BCUT2D eigenvalue weighted by Crippen LogP contribution is -2.45. The summed E-state index contributed by atoms with van der Waals surface area (Å²) in [5, 5.41) is 18.3. The SMILES string of the molecule is CO[C@@H]1CC(=O)C[C@@H](O)[C@H]1O. The Bertz CT molecular complexity index is 157. The first-order valence-corrected chi connectivity index (χ1v) is 3.55. The Labute approximate surface area is 64.8 Å². The van der Waals surface area contributed by atoms with Gasteiger partial charge in [0, 0.05) is 20.0 Å². The molecule has 4 heteroatoms. The predicted octanol–water partition coefficient (Wildman–Crippen LogP) is -0.914.